The zero-order chi connectivity index (χ0) is 18.6. The molecule has 0 saturated carbocycles. The molecule has 0 aromatic rings. The van der Waals surface area contributed by atoms with Crippen molar-refractivity contribution >= 4 is 17.4 Å². The molecule has 0 unspecified atom stereocenters. The quantitative estimate of drug-likeness (QED) is 0.179. The summed E-state index contributed by atoms with van der Waals surface area (Å²) in [4.78, 5) is 0. The highest BCUT2D eigenvalue weighted by atomic mass is 32.1. The number of ether oxygens (including phenoxy) is 1. The summed E-state index contributed by atoms with van der Waals surface area (Å²) >= 11 is 5.06. The van der Waals surface area contributed by atoms with Gasteiger partial charge in [-0.3, -0.25) is 0 Å². The molecule has 0 aromatic carbocycles. The average molecular weight is 372 g/mol. The van der Waals surface area contributed by atoms with Crippen molar-refractivity contribution in [2.75, 3.05) is 19.8 Å². The van der Waals surface area contributed by atoms with Crippen LogP contribution in [0.25, 0.3) is 0 Å². The van der Waals surface area contributed by atoms with E-state index in [0.29, 0.717) is 17.4 Å². The zero-order valence-electron chi connectivity index (χ0n) is 16.5. The molecule has 3 nitrogen and oxygen atoms in total. The van der Waals surface area contributed by atoms with Gasteiger partial charge in [0.15, 0.2) is 0 Å². The van der Waals surface area contributed by atoms with Gasteiger partial charge in [-0.05, 0) is 24.2 Å². The minimum atomic E-state index is -0.0540. The van der Waals surface area contributed by atoms with Crippen molar-refractivity contribution in [1.82, 2.24) is 5.32 Å². The van der Waals surface area contributed by atoms with Crippen LogP contribution in [0.3, 0.4) is 0 Å². The van der Waals surface area contributed by atoms with Crippen LogP contribution in [-0.4, -0.2) is 30.0 Å². The molecule has 0 aliphatic heterocycles. The highest BCUT2D eigenvalue weighted by Crippen LogP contribution is 2.12. The fraction of sp³-hybridized carbons (Fsp3) is 0.857. The molecular formula is C21H41NO2S. The van der Waals surface area contributed by atoms with E-state index in [0.717, 1.165) is 13.0 Å². The Balaban J connectivity index is 3.14. The first-order valence-electron chi connectivity index (χ1n) is 10.4. The largest absolute Gasteiger partial charge is 0.466 e. The minimum Gasteiger partial charge on any atom is -0.466 e. The highest BCUT2D eigenvalue weighted by molar-refractivity contribution is 7.80. The number of aliphatic hydroxyl groups excluding tert-OH is 1. The molecule has 0 fully saturated rings. The number of thiocarbonyl (C=S) groups is 1. The maximum absolute atomic E-state index is 8.82. The Hall–Kier alpha value is -0.610. The van der Waals surface area contributed by atoms with Crippen molar-refractivity contribution in [2.24, 2.45) is 0 Å². The van der Waals surface area contributed by atoms with E-state index < -0.39 is 0 Å². The fourth-order valence-electron chi connectivity index (χ4n) is 2.77. The molecule has 0 bridgehead atoms. The van der Waals surface area contributed by atoms with Crippen LogP contribution in [0.2, 0.25) is 0 Å². The van der Waals surface area contributed by atoms with E-state index in [4.69, 9.17) is 22.1 Å². The lowest BCUT2D eigenvalue weighted by Crippen LogP contribution is -2.25. The van der Waals surface area contributed by atoms with Crippen LogP contribution in [0.4, 0.5) is 0 Å². The van der Waals surface area contributed by atoms with Gasteiger partial charge in [0.25, 0.3) is 5.17 Å². The van der Waals surface area contributed by atoms with Crippen molar-refractivity contribution in [1.29, 1.82) is 0 Å². The Kier molecular flexibility index (Phi) is 19.2. The second-order valence-corrected chi connectivity index (χ2v) is 7.38. The maximum Gasteiger partial charge on any atom is 0.256 e. The van der Waals surface area contributed by atoms with Crippen molar-refractivity contribution in [3.63, 3.8) is 0 Å². The lowest BCUT2D eigenvalue weighted by atomic mass is 10.0. The Labute approximate surface area is 161 Å². The Morgan fingerprint density at radius 1 is 0.840 bits per heavy atom. The Bertz CT molecular complexity index is 321. The van der Waals surface area contributed by atoms with E-state index >= 15 is 0 Å². The molecule has 25 heavy (non-hydrogen) atoms. The molecule has 0 rings (SSSR count). The zero-order valence-corrected chi connectivity index (χ0v) is 17.3. The summed E-state index contributed by atoms with van der Waals surface area (Å²) < 4.78 is 5.27. The summed E-state index contributed by atoms with van der Waals surface area (Å²) in [6, 6.07) is 0. The van der Waals surface area contributed by atoms with Gasteiger partial charge in [0.1, 0.15) is 6.61 Å². The van der Waals surface area contributed by atoms with Crippen molar-refractivity contribution in [3.8, 4) is 0 Å². The van der Waals surface area contributed by atoms with Crippen molar-refractivity contribution in [3.05, 3.63) is 12.2 Å². The van der Waals surface area contributed by atoms with Gasteiger partial charge in [-0.1, -0.05) is 97.0 Å². The number of nitrogens with one attached hydrogen (secondary N) is 1. The molecule has 0 saturated heterocycles. The molecule has 0 aliphatic rings. The van der Waals surface area contributed by atoms with Crippen LogP contribution >= 0.6 is 12.2 Å². The summed E-state index contributed by atoms with van der Waals surface area (Å²) in [5.74, 6) is 0. The fourth-order valence-corrected chi connectivity index (χ4v) is 2.94. The highest BCUT2D eigenvalue weighted by Gasteiger charge is 1.98. The predicted octanol–water partition coefficient (Wildman–Crippen LogP) is 5.91. The van der Waals surface area contributed by atoms with Gasteiger partial charge in [-0.2, -0.15) is 0 Å². The monoisotopic (exact) mass is 371 g/mol. The molecule has 0 heterocycles. The predicted molar refractivity (Wildman–Crippen MR) is 113 cm³/mol. The van der Waals surface area contributed by atoms with Crippen LogP contribution in [0, 0.1) is 0 Å². The third-order valence-electron chi connectivity index (χ3n) is 4.43. The average Bonchev–Trinajstić information content (AvgIpc) is 2.62. The molecular weight excluding hydrogens is 330 g/mol. The molecule has 0 aromatic heterocycles. The lowest BCUT2D eigenvalue weighted by molar-refractivity contribution is 0.279. The summed E-state index contributed by atoms with van der Waals surface area (Å²) in [5.41, 5.74) is 0.639. The van der Waals surface area contributed by atoms with Gasteiger partial charge in [-0.15, -0.1) is 0 Å². The number of unbranched alkanes of at least 4 members (excludes halogenated alkanes) is 13. The summed E-state index contributed by atoms with van der Waals surface area (Å²) in [7, 11) is 0. The number of hydrogen-bond acceptors (Lipinski definition) is 3. The Morgan fingerprint density at radius 2 is 1.28 bits per heavy atom. The van der Waals surface area contributed by atoms with E-state index in [9.17, 15) is 0 Å². The summed E-state index contributed by atoms with van der Waals surface area (Å²) in [5, 5.41) is 12.3. The molecule has 0 radical (unpaired) electrons. The summed E-state index contributed by atoms with van der Waals surface area (Å²) in [6.45, 7) is 7.04. The van der Waals surface area contributed by atoms with E-state index in [2.05, 4.69) is 18.8 Å². The van der Waals surface area contributed by atoms with Gasteiger partial charge < -0.3 is 15.2 Å². The maximum atomic E-state index is 8.82. The molecule has 148 valence electrons. The molecule has 0 amide bonds. The standard InChI is InChI=1S/C21H41NO2S/c1-3-4-5-6-7-8-9-10-11-12-13-14-15-16-17-22-21(25)24-19-20(2)18-23/h23H,2-19H2,1H3,(H,22,25). The third-order valence-corrected chi connectivity index (χ3v) is 4.69. The second-order valence-electron chi connectivity index (χ2n) is 7.01. The third kappa shape index (κ3) is 19.6. The molecule has 0 atom stereocenters. The molecule has 2 N–H and O–H groups in total. The van der Waals surface area contributed by atoms with Gasteiger partial charge in [-0.25, -0.2) is 0 Å². The first-order chi connectivity index (χ1) is 12.2. The summed E-state index contributed by atoms with van der Waals surface area (Å²) in [6.07, 6.45) is 19.2. The van der Waals surface area contributed by atoms with Crippen molar-refractivity contribution in [2.45, 2.75) is 96.8 Å². The van der Waals surface area contributed by atoms with Crippen LogP contribution < -0.4 is 5.32 Å². The number of aliphatic hydroxyl groups is 1. The number of rotatable bonds is 18. The molecule has 4 heteroatoms. The second kappa shape index (κ2) is 19.7. The van der Waals surface area contributed by atoms with Gasteiger partial charge in [0.05, 0.1) is 6.61 Å². The van der Waals surface area contributed by atoms with Gasteiger partial charge in [0, 0.05) is 6.54 Å². The van der Waals surface area contributed by atoms with Crippen LogP contribution in [-0.2, 0) is 4.74 Å². The number of hydrogen-bond donors (Lipinski definition) is 2. The lowest BCUT2D eigenvalue weighted by Gasteiger charge is -2.10. The van der Waals surface area contributed by atoms with Gasteiger partial charge in [0.2, 0.25) is 0 Å². The van der Waals surface area contributed by atoms with E-state index in [1.807, 2.05) is 0 Å². The van der Waals surface area contributed by atoms with Crippen LogP contribution in [0.1, 0.15) is 96.8 Å². The van der Waals surface area contributed by atoms with Crippen LogP contribution in [0.5, 0.6) is 0 Å². The Morgan fingerprint density at radius 3 is 1.72 bits per heavy atom. The van der Waals surface area contributed by atoms with Crippen molar-refractivity contribution < 1.29 is 9.84 Å². The van der Waals surface area contributed by atoms with E-state index in [1.54, 1.807) is 0 Å². The molecule has 0 aliphatic carbocycles. The van der Waals surface area contributed by atoms with E-state index in [-0.39, 0.29) is 6.61 Å². The van der Waals surface area contributed by atoms with Crippen LogP contribution in [0.15, 0.2) is 12.2 Å². The SMILES string of the molecule is C=C(CO)COC(=S)NCCCCCCCCCCCCCCCC. The smallest absolute Gasteiger partial charge is 0.256 e. The normalized spacial score (nSPS) is 10.6. The minimum absolute atomic E-state index is 0.0540. The van der Waals surface area contributed by atoms with Gasteiger partial charge >= 0.3 is 0 Å². The molecule has 0 spiro atoms. The van der Waals surface area contributed by atoms with E-state index in [1.165, 1.54) is 83.5 Å². The first kappa shape index (κ1) is 24.4. The first-order valence-corrected chi connectivity index (χ1v) is 10.8. The topological polar surface area (TPSA) is 41.5 Å².